The Bertz CT molecular complexity index is 1030. The lowest BCUT2D eigenvalue weighted by atomic mass is 10.0. The van der Waals surface area contributed by atoms with E-state index in [1.54, 1.807) is 4.90 Å². The number of carbonyl (C=O) groups excluding carboxylic acids is 1. The Kier molecular flexibility index (Phi) is 6.16. The second-order valence-corrected chi connectivity index (χ2v) is 7.85. The van der Waals surface area contributed by atoms with E-state index in [9.17, 15) is 4.79 Å². The third-order valence-corrected chi connectivity index (χ3v) is 5.29. The van der Waals surface area contributed by atoms with Gasteiger partial charge in [0.05, 0.1) is 6.54 Å². The number of likely N-dealkylation sites (N-methyl/N-ethyl adjacent to an activating group) is 1. The highest BCUT2D eigenvalue weighted by atomic mass is 16.6. The van der Waals surface area contributed by atoms with Gasteiger partial charge in [0.15, 0.2) is 17.6 Å². The van der Waals surface area contributed by atoms with E-state index in [4.69, 9.17) is 9.47 Å². The Morgan fingerprint density at radius 2 is 1.90 bits per heavy atom. The van der Waals surface area contributed by atoms with E-state index in [0.717, 1.165) is 11.3 Å². The van der Waals surface area contributed by atoms with Crippen molar-refractivity contribution in [1.29, 1.82) is 0 Å². The Morgan fingerprint density at radius 3 is 2.61 bits per heavy atom. The summed E-state index contributed by atoms with van der Waals surface area (Å²) < 4.78 is 11.7. The minimum Gasteiger partial charge on any atom is -0.486 e. The van der Waals surface area contributed by atoms with E-state index in [2.05, 4.69) is 41.4 Å². The average Bonchev–Trinajstić information content (AvgIpc) is 3.25. The molecular weight excluding hydrogens is 394 g/mol. The maximum atomic E-state index is 12.8. The van der Waals surface area contributed by atoms with Crippen molar-refractivity contribution in [3.8, 4) is 22.9 Å². The van der Waals surface area contributed by atoms with Crippen molar-refractivity contribution < 1.29 is 14.3 Å². The van der Waals surface area contributed by atoms with Gasteiger partial charge in [0.1, 0.15) is 13.2 Å². The number of fused-ring (bicyclic) bond motifs is 1. The van der Waals surface area contributed by atoms with Crippen LogP contribution in [-0.4, -0.2) is 56.8 Å². The number of carbonyl (C=O) groups is 1. The summed E-state index contributed by atoms with van der Waals surface area (Å²) in [6, 6.07) is 15.6. The lowest BCUT2D eigenvalue weighted by molar-refractivity contribution is -0.133. The smallest absolute Gasteiger partial charge is 0.246 e. The largest absolute Gasteiger partial charge is 0.486 e. The van der Waals surface area contributed by atoms with Crippen LogP contribution in [0.2, 0.25) is 0 Å². The molecule has 0 fully saturated rings. The van der Waals surface area contributed by atoms with E-state index in [1.807, 2.05) is 43.3 Å². The van der Waals surface area contributed by atoms with Crippen molar-refractivity contribution in [2.75, 3.05) is 19.7 Å². The van der Waals surface area contributed by atoms with E-state index in [1.165, 1.54) is 10.4 Å². The summed E-state index contributed by atoms with van der Waals surface area (Å²) in [4.78, 5) is 15.9. The maximum absolute atomic E-state index is 12.8. The fourth-order valence-electron chi connectivity index (χ4n) is 3.47. The van der Waals surface area contributed by atoms with Crippen molar-refractivity contribution in [2.45, 2.75) is 39.3 Å². The molecule has 1 aliphatic heterocycles. The van der Waals surface area contributed by atoms with Crippen LogP contribution in [-0.2, 0) is 11.3 Å². The molecule has 1 unspecified atom stereocenters. The lowest BCUT2D eigenvalue weighted by Crippen LogP contribution is -2.44. The number of ether oxygens (including phenoxy) is 2. The first-order chi connectivity index (χ1) is 15.0. The molecular formula is C23H27N5O3. The molecule has 1 aliphatic rings. The normalized spacial score (nSPS) is 15.2. The van der Waals surface area contributed by atoms with Crippen molar-refractivity contribution in [2.24, 2.45) is 0 Å². The molecule has 1 atom stereocenters. The molecule has 4 rings (SSSR count). The molecule has 0 radical (unpaired) electrons. The van der Waals surface area contributed by atoms with Gasteiger partial charge in [0.25, 0.3) is 0 Å². The van der Waals surface area contributed by atoms with Crippen LogP contribution >= 0.6 is 0 Å². The van der Waals surface area contributed by atoms with Crippen molar-refractivity contribution in [3.05, 3.63) is 54.1 Å². The Balaban J connectivity index is 1.37. The van der Waals surface area contributed by atoms with Crippen LogP contribution in [0.1, 0.15) is 32.3 Å². The van der Waals surface area contributed by atoms with Gasteiger partial charge in [0.2, 0.25) is 11.7 Å². The summed E-state index contributed by atoms with van der Waals surface area (Å²) in [5.41, 5.74) is 2.13. The van der Waals surface area contributed by atoms with Crippen molar-refractivity contribution >= 4 is 5.91 Å². The molecule has 0 bridgehead atoms. The fraction of sp³-hybridized carbons (Fsp3) is 0.391. The van der Waals surface area contributed by atoms with Crippen molar-refractivity contribution in [1.82, 2.24) is 25.1 Å². The first-order valence-electron chi connectivity index (χ1n) is 10.6. The molecule has 1 aromatic heterocycles. The number of para-hydroxylation sites is 2. The minimum absolute atomic E-state index is 0.0229. The van der Waals surface area contributed by atoms with E-state index in [-0.39, 0.29) is 18.6 Å². The molecule has 3 aromatic rings. The number of aromatic nitrogens is 4. The molecule has 0 spiro atoms. The standard InChI is InChI=1S/C23H27N5O3/c1-4-27(13-19-15-30-20-7-5-6-8-21(20)31-19)22(29)14-28-25-23(24-26-28)18-11-9-17(10-12-18)16(2)3/h5-12,16,19H,4,13-15H2,1-3H3. The minimum atomic E-state index is -0.225. The SMILES string of the molecule is CCN(CC1COc2ccccc2O1)C(=O)Cn1nnc(-c2ccc(C(C)C)cc2)n1. The van der Waals surface area contributed by atoms with Crippen molar-refractivity contribution in [3.63, 3.8) is 0 Å². The van der Waals surface area contributed by atoms with E-state index < -0.39 is 0 Å². The number of nitrogens with zero attached hydrogens (tertiary/aromatic N) is 5. The van der Waals surface area contributed by atoms with Gasteiger partial charge in [0, 0.05) is 12.1 Å². The maximum Gasteiger partial charge on any atom is 0.246 e. The van der Waals surface area contributed by atoms with Crippen LogP contribution < -0.4 is 9.47 Å². The summed E-state index contributed by atoms with van der Waals surface area (Å²) in [5.74, 6) is 2.31. The number of tetrazole rings is 1. The zero-order chi connectivity index (χ0) is 21.8. The second-order valence-electron chi connectivity index (χ2n) is 7.85. The van der Waals surface area contributed by atoms with Gasteiger partial charge in [-0.2, -0.15) is 4.80 Å². The van der Waals surface area contributed by atoms with Crippen LogP contribution in [0, 0.1) is 0 Å². The summed E-state index contributed by atoms with van der Waals surface area (Å²) in [6.45, 7) is 7.65. The van der Waals surface area contributed by atoms with Gasteiger partial charge in [-0.05, 0) is 35.8 Å². The highest BCUT2D eigenvalue weighted by Crippen LogP contribution is 2.31. The molecule has 0 N–H and O–H groups in total. The third-order valence-electron chi connectivity index (χ3n) is 5.29. The zero-order valence-electron chi connectivity index (χ0n) is 18.1. The highest BCUT2D eigenvalue weighted by molar-refractivity contribution is 5.75. The molecule has 8 heteroatoms. The van der Waals surface area contributed by atoms with Crippen LogP contribution in [0.3, 0.4) is 0 Å². The number of amides is 1. The molecule has 1 amide bonds. The molecule has 162 valence electrons. The molecule has 0 saturated carbocycles. The molecule has 0 saturated heterocycles. The monoisotopic (exact) mass is 421 g/mol. The van der Waals surface area contributed by atoms with Gasteiger partial charge in [-0.15, -0.1) is 10.2 Å². The second kappa shape index (κ2) is 9.16. The summed E-state index contributed by atoms with van der Waals surface area (Å²) >= 11 is 0. The summed E-state index contributed by atoms with van der Waals surface area (Å²) in [6.07, 6.45) is -0.225. The summed E-state index contributed by atoms with van der Waals surface area (Å²) in [5, 5.41) is 12.5. The van der Waals surface area contributed by atoms with E-state index >= 15 is 0 Å². The molecule has 2 aromatic carbocycles. The third kappa shape index (κ3) is 4.84. The molecule has 0 aliphatic carbocycles. The highest BCUT2D eigenvalue weighted by Gasteiger charge is 2.25. The Labute approximate surface area is 181 Å². The Morgan fingerprint density at radius 1 is 1.16 bits per heavy atom. The van der Waals surface area contributed by atoms with Gasteiger partial charge in [-0.1, -0.05) is 50.2 Å². The van der Waals surface area contributed by atoms with Gasteiger partial charge in [-0.3, -0.25) is 4.79 Å². The van der Waals surface area contributed by atoms with Gasteiger partial charge < -0.3 is 14.4 Å². The fourth-order valence-corrected chi connectivity index (χ4v) is 3.47. The molecule has 8 nitrogen and oxygen atoms in total. The van der Waals surface area contributed by atoms with Crippen LogP contribution in [0.25, 0.3) is 11.4 Å². The first kappa shape index (κ1) is 20.8. The van der Waals surface area contributed by atoms with Crippen LogP contribution in [0.4, 0.5) is 0 Å². The van der Waals surface area contributed by atoms with Crippen LogP contribution in [0.15, 0.2) is 48.5 Å². The van der Waals surface area contributed by atoms with E-state index in [0.29, 0.717) is 37.2 Å². The number of benzene rings is 2. The topological polar surface area (TPSA) is 82.4 Å². The van der Waals surface area contributed by atoms with Crippen LogP contribution in [0.5, 0.6) is 11.5 Å². The first-order valence-corrected chi connectivity index (χ1v) is 10.6. The lowest BCUT2D eigenvalue weighted by Gasteiger charge is -2.30. The number of hydrogen-bond donors (Lipinski definition) is 0. The van der Waals surface area contributed by atoms with Gasteiger partial charge in [-0.25, -0.2) is 0 Å². The van der Waals surface area contributed by atoms with Gasteiger partial charge >= 0.3 is 0 Å². The summed E-state index contributed by atoms with van der Waals surface area (Å²) in [7, 11) is 0. The molecule has 31 heavy (non-hydrogen) atoms. The number of rotatable bonds is 7. The molecule has 2 heterocycles. The predicted octanol–water partition coefficient (Wildman–Crippen LogP) is 3.15. The Hall–Kier alpha value is -3.42. The zero-order valence-corrected chi connectivity index (χ0v) is 18.1. The quantitative estimate of drug-likeness (QED) is 0.583. The predicted molar refractivity (Wildman–Crippen MR) is 116 cm³/mol. The average molecular weight is 422 g/mol. The number of hydrogen-bond acceptors (Lipinski definition) is 6.